The molecule has 0 aliphatic carbocycles. The molecule has 0 atom stereocenters. The molecule has 1 saturated heterocycles. The maximum absolute atomic E-state index is 13.3. The molecule has 4 N–H and O–H groups in total. The molecule has 0 spiro atoms. The molecule has 0 bridgehead atoms. The van der Waals surface area contributed by atoms with E-state index < -0.39 is 21.4 Å². The molecule has 0 aromatic heterocycles. The summed E-state index contributed by atoms with van der Waals surface area (Å²) in [6.45, 7) is 0.356. The van der Waals surface area contributed by atoms with Crippen molar-refractivity contribution in [1.29, 1.82) is 0 Å². The van der Waals surface area contributed by atoms with E-state index in [0.29, 0.717) is 26.1 Å². The van der Waals surface area contributed by atoms with Gasteiger partial charge in [-0.05, 0) is 40.9 Å². The summed E-state index contributed by atoms with van der Waals surface area (Å²) in [7, 11) is -3.99. The molecule has 118 valence electrons. The van der Waals surface area contributed by atoms with E-state index in [1.807, 2.05) is 0 Å². The van der Waals surface area contributed by atoms with Crippen molar-refractivity contribution in [2.24, 2.45) is 0 Å². The van der Waals surface area contributed by atoms with Gasteiger partial charge in [0.05, 0.1) is 22.3 Å². The summed E-state index contributed by atoms with van der Waals surface area (Å²) < 4.78 is 45.9. The SMILES string of the molecule is Nc1cc(F)c(Br)cc1S(=O)(=O)NC1(CO)CCOCC1. The van der Waals surface area contributed by atoms with Gasteiger partial charge in [0.1, 0.15) is 10.7 Å². The maximum Gasteiger partial charge on any atom is 0.243 e. The van der Waals surface area contributed by atoms with Crippen LogP contribution >= 0.6 is 15.9 Å². The third-order valence-electron chi connectivity index (χ3n) is 3.45. The quantitative estimate of drug-likeness (QED) is 0.674. The van der Waals surface area contributed by atoms with E-state index in [2.05, 4.69) is 20.7 Å². The van der Waals surface area contributed by atoms with Gasteiger partial charge in [-0.2, -0.15) is 0 Å². The van der Waals surface area contributed by atoms with Gasteiger partial charge in [0.25, 0.3) is 0 Å². The summed E-state index contributed by atoms with van der Waals surface area (Å²) in [6.07, 6.45) is 0.704. The highest BCUT2D eigenvalue weighted by atomic mass is 79.9. The Morgan fingerprint density at radius 2 is 2.05 bits per heavy atom. The molecule has 1 heterocycles. The van der Waals surface area contributed by atoms with Crippen LogP contribution in [0.5, 0.6) is 0 Å². The van der Waals surface area contributed by atoms with Crippen LogP contribution in [0.15, 0.2) is 21.5 Å². The van der Waals surface area contributed by atoms with E-state index in [1.54, 1.807) is 0 Å². The zero-order valence-electron chi connectivity index (χ0n) is 11.1. The highest BCUT2D eigenvalue weighted by molar-refractivity contribution is 9.10. The average molecular weight is 383 g/mol. The van der Waals surface area contributed by atoms with Crippen molar-refractivity contribution in [2.75, 3.05) is 25.6 Å². The van der Waals surface area contributed by atoms with Crippen molar-refractivity contribution in [1.82, 2.24) is 4.72 Å². The second kappa shape index (κ2) is 6.17. The first-order chi connectivity index (χ1) is 9.80. The first-order valence-electron chi connectivity index (χ1n) is 6.27. The Bertz CT molecular complexity index is 632. The lowest BCUT2D eigenvalue weighted by Crippen LogP contribution is -2.54. The Labute approximate surface area is 130 Å². The second-order valence-corrected chi connectivity index (χ2v) is 7.47. The summed E-state index contributed by atoms with van der Waals surface area (Å²) in [5.41, 5.74) is 4.43. The van der Waals surface area contributed by atoms with Gasteiger partial charge in [-0.15, -0.1) is 0 Å². The van der Waals surface area contributed by atoms with E-state index in [1.165, 1.54) is 0 Å². The first-order valence-corrected chi connectivity index (χ1v) is 8.54. The molecule has 1 aromatic carbocycles. The molecule has 6 nitrogen and oxygen atoms in total. The lowest BCUT2D eigenvalue weighted by atomic mass is 9.93. The molecule has 0 amide bonds. The number of nitrogens with two attached hydrogens (primary N) is 1. The van der Waals surface area contributed by atoms with E-state index in [0.717, 1.165) is 12.1 Å². The number of hydrogen-bond donors (Lipinski definition) is 3. The van der Waals surface area contributed by atoms with Gasteiger partial charge in [-0.25, -0.2) is 17.5 Å². The van der Waals surface area contributed by atoms with Gasteiger partial charge in [-0.1, -0.05) is 0 Å². The monoisotopic (exact) mass is 382 g/mol. The van der Waals surface area contributed by atoms with E-state index >= 15 is 0 Å². The Hall–Kier alpha value is -0.740. The number of ether oxygens (including phenoxy) is 1. The predicted octanol–water partition coefficient (Wildman–Crippen LogP) is 0.990. The van der Waals surface area contributed by atoms with Gasteiger partial charge < -0.3 is 15.6 Å². The molecule has 21 heavy (non-hydrogen) atoms. The van der Waals surface area contributed by atoms with Crippen molar-refractivity contribution in [2.45, 2.75) is 23.3 Å². The fourth-order valence-corrected chi connectivity index (χ4v) is 4.26. The number of nitrogen functional groups attached to an aromatic ring is 1. The fourth-order valence-electron chi connectivity index (χ4n) is 2.17. The number of sulfonamides is 1. The van der Waals surface area contributed by atoms with Crippen LogP contribution in [-0.2, 0) is 14.8 Å². The van der Waals surface area contributed by atoms with Crippen molar-refractivity contribution < 1.29 is 22.7 Å². The lowest BCUT2D eigenvalue weighted by molar-refractivity contribution is 0.0223. The number of hydrogen-bond acceptors (Lipinski definition) is 5. The van der Waals surface area contributed by atoms with Crippen LogP contribution in [0.1, 0.15) is 12.8 Å². The standard InChI is InChI=1S/C12H16BrFN2O4S/c13-8-5-11(10(15)6-9(8)14)21(18,19)16-12(7-17)1-3-20-4-2-12/h5-6,16-17H,1-4,7,15H2. The van der Waals surface area contributed by atoms with Crippen molar-refractivity contribution >= 4 is 31.6 Å². The Kier molecular flexibility index (Phi) is 4.89. The van der Waals surface area contributed by atoms with Gasteiger partial charge in [0, 0.05) is 13.2 Å². The number of rotatable bonds is 4. The van der Waals surface area contributed by atoms with Crippen LogP contribution in [0, 0.1) is 5.82 Å². The lowest BCUT2D eigenvalue weighted by Gasteiger charge is -2.35. The Balaban J connectivity index is 2.36. The van der Waals surface area contributed by atoms with E-state index in [4.69, 9.17) is 10.5 Å². The zero-order valence-corrected chi connectivity index (χ0v) is 13.5. The summed E-state index contributed by atoms with van der Waals surface area (Å²) in [5.74, 6) is -0.644. The predicted molar refractivity (Wildman–Crippen MR) is 78.7 cm³/mol. The van der Waals surface area contributed by atoms with Gasteiger partial charge in [0.2, 0.25) is 10.0 Å². The van der Waals surface area contributed by atoms with Gasteiger partial charge >= 0.3 is 0 Å². The fraction of sp³-hybridized carbons (Fsp3) is 0.500. The Morgan fingerprint density at radius 3 is 2.62 bits per heavy atom. The molecule has 0 unspecified atom stereocenters. The van der Waals surface area contributed by atoms with Gasteiger partial charge in [0.15, 0.2) is 0 Å². The van der Waals surface area contributed by atoms with Crippen LogP contribution in [0.2, 0.25) is 0 Å². The zero-order chi connectivity index (χ0) is 15.7. The molecule has 1 fully saturated rings. The molecule has 0 saturated carbocycles. The van der Waals surface area contributed by atoms with Crippen molar-refractivity contribution in [3.05, 3.63) is 22.4 Å². The molecule has 2 rings (SSSR count). The van der Waals surface area contributed by atoms with E-state index in [-0.39, 0.29) is 21.7 Å². The highest BCUT2D eigenvalue weighted by Crippen LogP contribution is 2.29. The number of aliphatic hydroxyl groups excluding tert-OH is 1. The third kappa shape index (κ3) is 3.54. The molecule has 1 aliphatic heterocycles. The summed E-state index contributed by atoms with van der Waals surface area (Å²) >= 11 is 2.94. The minimum atomic E-state index is -3.99. The summed E-state index contributed by atoms with van der Waals surface area (Å²) in [6, 6.07) is 2.05. The smallest absolute Gasteiger partial charge is 0.243 e. The number of halogens is 2. The molecule has 9 heteroatoms. The first kappa shape index (κ1) is 16.6. The minimum Gasteiger partial charge on any atom is -0.398 e. The summed E-state index contributed by atoms with van der Waals surface area (Å²) in [4.78, 5) is -0.227. The van der Waals surface area contributed by atoms with Crippen molar-refractivity contribution in [3.63, 3.8) is 0 Å². The highest BCUT2D eigenvalue weighted by Gasteiger charge is 2.37. The normalized spacial score (nSPS) is 18.6. The van der Waals surface area contributed by atoms with Crippen LogP contribution < -0.4 is 10.5 Å². The van der Waals surface area contributed by atoms with Crippen molar-refractivity contribution in [3.8, 4) is 0 Å². The average Bonchev–Trinajstić information content (AvgIpc) is 2.43. The molecule has 1 aliphatic rings. The Morgan fingerprint density at radius 1 is 1.43 bits per heavy atom. The number of aliphatic hydroxyl groups is 1. The molecule has 1 aromatic rings. The number of benzene rings is 1. The van der Waals surface area contributed by atoms with Crippen LogP contribution in [0.4, 0.5) is 10.1 Å². The second-order valence-electron chi connectivity index (χ2n) is 4.96. The molecular formula is C12H16BrFN2O4S. The maximum atomic E-state index is 13.3. The number of anilines is 1. The molecule has 0 radical (unpaired) electrons. The third-order valence-corrected chi connectivity index (χ3v) is 5.69. The van der Waals surface area contributed by atoms with Gasteiger partial charge in [-0.3, -0.25) is 0 Å². The topological polar surface area (TPSA) is 102 Å². The van der Waals surface area contributed by atoms with E-state index in [9.17, 15) is 17.9 Å². The van der Waals surface area contributed by atoms with Crippen LogP contribution in [0.3, 0.4) is 0 Å². The molecular weight excluding hydrogens is 367 g/mol. The number of nitrogens with one attached hydrogen (secondary N) is 1. The van der Waals surface area contributed by atoms with Crippen LogP contribution in [0.25, 0.3) is 0 Å². The minimum absolute atomic E-state index is 0.00195. The summed E-state index contributed by atoms with van der Waals surface area (Å²) in [5, 5.41) is 9.54. The van der Waals surface area contributed by atoms with Crippen LogP contribution in [-0.4, -0.2) is 38.9 Å². The largest absolute Gasteiger partial charge is 0.398 e.